The molecular formula is C28H29BrF6NOP. The van der Waals surface area contributed by atoms with Crippen molar-refractivity contribution in [1.29, 1.82) is 0 Å². The van der Waals surface area contributed by atoms with Crippen molar-refractivity contribution in [3.63, 3.8) is 0 Å². The van der Waals surface area contributed by atoms with Crippen LogP contribution < -0.4 is 15.9 Å². The third-order valence-corrected chi connectivity index (χ3v) is 14.8. The first kappa shape index (κ1) is 30.2. The van der Waals surface area contributed by atoms with Gasteiger partial charge in [0.2, 0.25) is 0 Å². The summed E-state index contributed by atoms with van der Waals surface area (Å²) in [6.45, 7) is 5.90. The number of benzene rings is 3. The van der Waals surface area contributed by atoms with Gasteiger partial charge in [-0.1, -0.05) is 0 Å². The summed E-state index contributed by atoms with van der Waals surface area (Å²) in [6, 6.07) is 19.7. The van der Waals surface area contributed by atoms with Gasteiger partial charge in [0.1, 0.15) is 0 Å². The number of alkyl halides is 6. The summed E-state index contributed by atoms with van der Waals surface area (Å²) in [5.74, 6) is -1.11. The molecule has 0 aliphatic carbocycles. The Bertz CT molecular complexity index is 1190. The molecule has 0 heterocycles. The van der Waals surface area contributed by atoms with Crippen LogP contribution in [0.1, 0.15) is 41.8 Å². The van der Waals surface area contributed by atoms with Crippen LogP contribution in [0.5, 0.6) is 0 Å². The summed E-state index contributed by atoms with van der Waals surface area (Å²) in [5, 5.41) is 1.64. The van der Waals surface area contributed by atoms with E-state index >= 15 is 0 Å². The summed E-state index contributed by atoms with van der Waals surface area (Å²) in [6.07, 6.45) is -9.06. The van der Waals surface area contributed by atoms with Gasteiger partial charge in [0.25, 0.3) is 0 Å². The molecule has 0 unspecified atom stereocenters. The second-order valence-electron chi connectivity index (χ2n) is 9.76. The topological polar surface area (TPSA) is 29.1 Å². The molecule has 0 aromatic heterocycles. The summed E-state index contributed by atoms with van der Waals surface area (Å²) < 4.78 is 80.4. The molecule has 0 spiro atoms. The maximum atomic E-state index is 13.4. The number of carbonyl (C=O) groups excluding carboxylic acids is 1. The number of halogens is 7. The Hall–Kier alpha value is -2.38. The van der Waals surface area contributed by atoms with Crippen LogP contribution in [0.2, 0.25) is 0 Å². The summed E-state index contributed by atoms with van der Waals surface area (Å²) in [4.78, 5) is 13.3. The summed E-state index contributed by atoms with van der Waals surface area (Å²) >= 11 is 4.11. The number of rotatable bonds is 8. The number of amides is 1. The summed E-state index contributed by atoms with van der Waals surface area (Å²) in [5.41, 5.74) is -3.74. The van der Waals surface area contributed by atoms with Crippen molar-refractivity contribution in [2.45, 2.75) is 38.7 Å². The van der Waals surface area contributed by atoms with Gasteiger partial charge >= 0.3 is 227 Å². The van der Waals surface area contributed by atoms with E-state index in [2.05, 4.69) is 27.5 Å². The minimum absolute atomic E-state index is 0.0186. The first-order valence-electron chi connectivity index (χ1n) is 12.0. The molecular weight excluding hydrogens is 591 g/mol. The van der Waals surface area contributed by atoms with E-state index in [1.807, 2.05) is 74.5 Å². The van der Waals surface area contributed by atoms with E-state index in [4.69, 9.17) is 0 Å². The molecule has 0 saturated heterocycles. The van der Waals surface area contributed by atoms with Crippen LogP contribution in [0, 0.1) is 5.92 Å². The normalized spacial score (nSPS) is 15.3. The Morgan fingerprint density at radius 3 is 1.63 bits per heavy atom. The average Bonchev–Trinajstić information content (AvgIpc) is 2.87. The molecule has 3 aromatic carbocycles. The number of hydrogen-bond donors (Lipinski definition) is 1. The van der Waals surface area contributed by atoms with Crippen LogP contribution in [0.25, 0.3) is 0 Å². The van der Waals surface area contributed by atoms with E-state index in [0.717, 1.165) is 10.6 Å². The first-order chi connectivity index (χ1) is 17.5. The SMILES string of the molecule is CC[C@H](C)[C@@H](CP(C)(Br)(c1ccccc1)c1ccccc1)NC(=O)c1cc(C(F)(F)F)cc(C(F)(F)F)c1. The Labute approximate surface area is 226 Å². The molecule has 3 aromatic rings. The zero-order chi connectivity index (χ0) is 28.4. The van der Waals surface area contributed by atoms with E-state index < -0.39 is 46.3 Å². The van der Waals surface area contributed by atoms with Gasteiger partial charge < -0.3 is 0 Å². The summed E-state index contributed by atoms with van der Waals surface area (Å²) in [7, 11) is 0. The fraction of sp³-hybridized carbons (Fsp3) is 0.321. The van der Waals surface area contributed by atoms with Crippen molar-refractivity contribution >= 4 is 37.3 Å². The molecule has 2 atom stereocenters. The Balaban J connectivity index is 2.08. The third-order valence-electron chi connectivity index (χ3n) is 6.98. The van der Waals surface area contributed by atoms with Crippen molar-refractivity contribution in [3.8, 4) is 0 Å². The van der Waals surface area contributed by atoms with Crippen LogP contribution in [0.15, 0.2) is 78.9 Å². The molecule has 1 amide bonds. The molecule has 1 N–H and O–H groups in total. The predicted octanol–water partition coefficient (Wildman–Crippen LogP) is 8.01. The van der Waals surface area contributed by atoms with E-state index in [-0.39, 0.29) is 12.0 Å². The molecule has 38 heavy (non-hydrogen) atoms. The average molecular weight is 620 g/mol. The quantitative estimate of drug-likeness (QED) is 0.201. The van der Waals surface area contributed by atoms with Gasteiger partial charge in [0.05, 0.1) is 0 Å². The minimum atomic E-state index is -5.04. The molecule has 0 aliphatic heterocycles. The fourth-order valence-electron chi connectivity index (χ4n) is 4.44. The number of nitrogens with one attached hydrogen (secondary N) is 1. The van der Waals surface area contributed by atoms with Gasteiger partial charge in [-0.2, -0.15) is 0 Å². The van der Waals surface area contributed by atoms with Crippen LogP contribution in [0.4, 0.5) is 26.3 Å². The van der Waals surface area contributed by atoms with Crippen molar-refractivity contribution < 1.29 is 31.1 Å². The van der Waals surface area contributed by atoms with E-state index in [0.29, 0.717) is 24.7 Å². The Morgan fingerprint density at radius 2 is 1.26 bits per heavy atom. The molecule has 3 rings (SSSR count). The van der Waals surface area contributed by atoms with Crippen molar-refractivity contribution in [2.75, 3.05) is 12.8 Å². The molecule has 206 valence electrons. The van der Waals surface area contributed by atoms with Crippen molar-refractivity contribution in [3.05, 3.63) is 95.6 Å². The zero-order valence-electron chi connectivity index (χ0n) is 21.1. The molecule has 10 heteroatoms. The van der Waals surface area contributed by atoms with E-state index in [1.54, 1.807) is 0 Å². The van der Waals surface area contributed by atoms with E-state index in [1.165, 1.54) is 0 Å². The molecule has 2 nitrogen and oxygen atoms in total. The van der Waals surface area contributed by atoms with Gasteiger partial charge in [-0.05, 0) is 0 Å². The van der Waals surface area contributed by atoms with Gasteiger partial charge in [0, 0.05) is 0 Å². The number of hydrogen-bond acceptors (Lipinski definition) is 1. The number of carbonyl (C=O) groups is 1. The van der Waals surface area contributed by atoms with Crippen LogP contribution in [0.3, 0.4) is 0 Å². The molecule has 0 radical (unpaired) electrons. The van der Waals surface area contributed by atoms with Gasteiger partial charge in [-0.15, -0.1) is 0 Å². The Kier molecular flexibility index (Phi) is 8.74. The van der Waals surface area contributed by atoms with Crippen LogP contribution >= 0.6 is 20.8 Å². The van der Waals surface area contributed by atoms with E-state index in [9.17, 15) is 31.1 Å². The predicted molar refractivity (Wildman–Crippen MR) is 146 cm³/mol. The first-order valence-corrected chi connectivity index (χ1v) is 16.9. The van der Waals surface area contributed by atoms with Crippen LogP contribution in [-0.2, 0) is 12.4 Å². The van der Waals surface area contributed by atoms with Gasteiger partial charge in [-0.3, -0.25) is 0 Å². The zero-order valence-corrected chi connectivity index (χ0v) is 23.6. The third kappa shape index (κ3) is 6.60. The molecule has 0 saturated carbocycles. The molecule has 0 bridgehead atoms. The van der Waals surface area contributed by atoms with Gasteiger partial charge in [-0.25, -0.2) is 0 Å². The van der Waals surface area contributed by atoms with Gasteiger partial charge in [0.15, 0.2) is 0 Å². The van der Waals surface area contributed by atoms with Crippen molar-refractivity contribution in [2.24, 2.45) is 5.92 Å². The molecule has 0 fully saturated rings. The maximum absolute atomic E-state index is 13.4. The van der Waals surface area contributed by atoms with Crippen LogP contribution in [-0.4, -0.2) is 24.8 Å². The second kappa shape index (κ2) is 11.0. The second-order valence-corrected chi connectivity index (χ2v) is 20.2. The fourth-order valence-corrected chi connectivity index (χ4v) is 10.8. The standard InChI is InChI=1S/C28H29BrF6NOP/c1-4-19(2)25(18-38(3,29,23-11-7-5-8-12-23)24-13-9-6-10-14-24)36-26(37)20-15-21(27(30,31)32)17-22(16-20)28(33,34)35/h5-17,19,25H,4,18H2,1-3H3,(H,36,37)/t19-,25+/m0/s1. The van der Waals surface area contributed by atoms with Crippen molar-refractivity contribution in [1.82, 2.24) is 5.32 Å². The Morgan fingerprint density at radius 1 is 0.842 bits per heavy atom. The monoisotopic (exact) mass is 619 g/mol. The molecule has 0 aliphatic rings.